The zero-order chi connectivity index (χ0) is 19.9. The molecule has 0 unspecified atom stereocenters. The molecule has 7 nitrogen and oxygen atoms in total. The third-order valence-corrected chi connectivity index (χ3v) is 4.26. The van der Waals surface area contributed by atoms with Crippen LogP contribution in [0.25, 0.3) is 11.0 Å². The van der Waals surface area contributed by atoms with Crippen molar-refractivity contribution in [3.8, 4) is 0 Å². The van der Waals surface area contributed by atoms with Crippen molar-refractivity contribution in [1.29, 1.82) is 0 Å². The molecule has 1 aromatic heterocycles. The highest BCUT2D eigenvalue weighted by Gasteiger charge is 2.13. The van der Waals surface area contributed by atoms with Crippen molar-refractivity contribution in [2.45, 2.75) is 13.0 Å². The summed E-state index contributed by atoms with van der Waals surface area (Å²) in [6.07, 6.45) is 0.525. The van der Waals surface area contributed by atoms with Crippen molar-refractivity contribution in [2.24, 2.45) is 5.73 Å². The molecule has 144 valence electrons. The largest absolute Gasteiger partial charge is 0.422 e. The van der Waals surface area contributed by atoms with Crippen LogP contribution in [0.15, 0.2) is 63.8 Å². The van der Waals surface area contributed by atoms with Gasteiger partial charge in [-0.25, -0.2) is 4.79 Å². The predicted molar refractivity (Wildman–Crippen MR) is 106 cm³/mol. The summed E-state index contributed by atoms with van der Waals surface area (Å²) in [4.78, 5) is 36.2. The monoisotopic (exact) mass is 379 g/mol. The number of hydrogen-bond acceptors (Lipinski definition) is 5. The van der Waals surface area contributed by atoms with Crippen LogP contribution in [0.1, 0.15) is 32.7 Å². The van der Waals surface area contributed by atoms with Gasteiger partial charge in [0.25, 0.3) is 11.8 Å². The summed E-state index contributed by atoms with van der Waals surface area (Å²) in [5, 5.41) is 6.13. The van der Waals surface area contributed by atoms with E-state index < -0.39 is 11.5 Å². The average molecular weight is 379 g/mol. The van der Waals surface area contributed by atoms with E-state index in [0.29, 0.717) is 42.6 Å². The van der Waals surface area contributed by atoms with Crippen LogP contribution in [0.3, 0.4) is 0 Å². The van der Waals surface area contributed by atoms with Crippen LogP contribution in [0.5, 0.6) is 0 Å². The molecule has 0 saturated heterocycles. The molecule has 3 rings (SSSR count). The molecule has 2 aromatic carbocycles. The van der Waals surface area contributed by atoms with Gasteiger partial charge in [-0.15, -0.1) is 0 Å². The fraction of sp³-hybridized carbons (Fsp3) is 0.190. The van der Waals surface area contributed by atoms with Crippen LogP contribution in [-0.4, -0.2) is 24.9 Å². The molecule has 0 radical (unpaired) electrons. The molecule has 0 bridgehead atoms. The molecule has 0 fully saturated rings. The van der Waals surface area contributed by atoms with Crippen LogP contribution in [0.4, 0.5) is 0 Å². The summed E-state index contributed by atoms with van der Waals surface area (Å²) in [5.41, 5.74) is 6.76. The number of carbonyl (C=O) groups excluding carboxylic acids is 2. The van der Waals surface area contributed by atoms with E-state index in [2.05, 4.69) is 10.6 Å². The Bertz CT molecular complexity index is 1040. The molecule has 0 spiro atoms. The lowest BCUT2D eigenvalue weighted by Crippen LogP contribution is -2.32. The topological polar surface area (TPSA) is 114 Å². The highest BCUT2D eigenvalue weighted by molar-refractivity contribution is 5.96. The lowest BCUT2D eigenvalue weighted by Gasteiger charge is -2.07. The first kappa shape index (κ1) is 19.3. The zero-order valence-corrected chi connectivity index (χ0v) is 15.2. The lowest BCUT2D eigenvalue weighted by molar-refractivity contribution is 0.0949. The van der Waals surface area contributed by atoms with Gasteiger partial charge in [0.1, 0.15) is 11.1 Å². The first-order valence-electron chi connectivity index (χ1n) is 8.97. The van der Waals surface area contributed by atoms with Crippen molar-refractivity contribution in [3.05, 3.63) is 81.7 Å². The second-order valence-corrected chi connectivity index (χ2v) is 6.25. The molecule has 1 heterocycles. The SMILES string of the molecule is NCc1ccc(C(=O)NCCCNC(=O)c2cc3ccccc3oc2=O)cc1. The minimum atomic E-state index is -0.676. The van der Waals surface area contributed by atoms with Crippen LogP contribution >= 0.6 is 0 Å². The molecular formula is C21H21N3O4. The van der Waals surface area contributed by atoms with Crippen molar-refractivity contribution in [3.63, 3.8) is 0 Å². The molecule has 0 saturated carbocycles. The predicted octanol–water partition coefficient (Wildman–Crippen LogP) is 1.80. The van der Waals surface area contributed by atoms with Gasteiger partial charge < -0.3 is 20.8 Å². The van der Waals surface area contributed by atoms with Gasteiger partial charge in [0.05, 0.1) is 0 Å². The number of benzene rings is 2. The standard InChI is InChI=1S/C21H21N3O4/c22-13-14-6-8-15(9-7-14)19(25)23-10-3-11-24-20(26)17-12-16-4-1-2-5-18(16)28-21(17)27/h1-2,4-9,12H,3,10-11,13,22H2,(H,23,25)(H,24,26). The van der Waals surface area contributed by atoms with Crippen LogP contribution in [-0.2, 0) is 6.54 Å². The smallest absolute Gasteiger partial charge is 0.349 e. The van der Waals surface area contributed by atoms with E-state index in [9.17, 15) is 14.4 Å². The molecule has 28 heavy (non-hydrogen) atoms. The number of fused-ring (bicyclic) bond motifs is 1. The third-order valence-electron chi connectivity index (χ3n) is 4.26. The Labute approximate surface area is 161 Å². The Morgan fingerprint density at radius 1 is 0.929 bits per heavy atom. The maximum absolute atomic E-state index is 12.2. The Morgan fingerprint density at radius 2 is 1.61 bits per heavy atom. The first-order valence-corrected chi connectivity index (χ1v) is 8.97. The van der Waals surface area contributed by atoms with E-state index in [-0.39, 0.29) is 11.5 Å². The molecule has 4 N–H and O–H groups in total. The second kappa shape index (κ2) is 8.96. The van der Waals surface area contributed by atoms with Gasteiger partial charge in [0, 0.05) is 30.6 Å². The Kier molecular flexibility index (Phi) is 6.18. The highest BCUT2D eigenvalue weighted by atomic mass is 16.4. The fourth-order valence-electron chi connectivity index (χ4n) is 2.70. The number of carbonyl (C=O) groups is 2. The zero-order valence-electron chi connectivity index (χ0n) is 15.2. The van der Waals surface area contributed by atoms with Gasteiger partial charge in [-0.3, -0.25) is 9.59 Å². The Hall–Kier alpha value is -3.45. The van der Waals surface area contributed by atoms with Gasteiger partial charge in [-0.05, 0) is 36.2 Å². The number of para-hydroxylation sites is 1. The summed E-state index contributed by atoms with van der Waals surface area (Å²) >= 11 is 0. The van der Waals surface area contributed by atoms with Gasteiger partial charge in [-0.2, -0.15) is 0 Å². The maximum atomic E-state index is 12.2. The number of rotatable bonds is 7. The molecule has 2 amide bonds. The van der Waals surface area contributed by atoms with Crippen molar-refractivity contribution in [1.82, 2.24) is 10.6 Å². The second-order valence-electron chi connectivity index (χ2n) is 6.25. The number of nitrogens with one attached hydrogen (secondary N) is 2. The number of hydrogen-bond donors (Lipinski definition) is 3. The van der Waals surface area contributed by atoms with Crippen LogP contribution in [0.2, 0.25) is 0 Å². The first-order chi connectivity index (χ1) is 13.6. The minimum Gasteiger partial charge on any atom is -0.422 e. The summed E-state index contributed by atoms with van der Waals surface area (Å²) in [6.45, 7) is 1.14. The molecule has 7 heteroatoms. The van der Waals surface area contributed by atoms with E-state index >= 15 is 0 Å². The van der Waals surface area contributed by atoms with Crippen LogP contribution < -0.4 is 22.0 Å². The molecule has 0 aliphatic heterocycles. The Morgan fingerprint density at radius 3 is 2.32 bits per heavy atom. The van der Waals surface area contributed by atoms with E-state index in [1.165, 1.54) is 6.07 Å². The molecular weight excluding hydrogens is 358 g/mol. The van der Waals surface area contributed by atoms with Crippen molar-refractivity contribution in [2.75, 3.05) is 13.1 Å². The van der Waals surface area contributed by atoms with E-state index in [1.54, 1.807) is 36.4 Å². The fourth-order valence-corrected chi connectivity index (χ4v) is 2.70. The van der Waals surface area contributed by atoms with E-state index in [4.69, 9.17) is 10.2 Å². The molecule has 0 aliphatic carbocycles. The van der Waals surface area contributed by atoms with Crippen molar-refractivity contribution >= 4 is 22.8 Å². The van der Waals surface area contributed by atoms with Gasteiger partial charge in [0.15, 0.2) is 0 Å². The summed E-state index contributed by atoms with van der Waals surface area (Å²) < 4.78 is 5.16. The quantitative estimate of drug-likeness (QED) is 0.428. The normalized spacial score (nSPS) is 10.6. The van der Waals surface area contributed by atoms with E-state index in [0.717, 1.165) is 5.56 Å². The molecule has 0 atom stereocenters. The summed E-state index contributed by atoms with van der Waals surface area (Å²) in [5.74, 6) is -0.687. The molecule has 3 aromatic rings. The average Bonchev–Trinajstić information content (AvgIpc) is 2.72. The number of nitrogens with two attached hydrogens (primary N) is 1. The summed E-state index contributed by atoms with van der Waals surface area (Å²) in [6, 6.07) is 15.6. The van der Waals surface area contributed by atoms with Gasteiger partial charge >= 0.3 is 5.63 Å². The highest BCUT2D eigenvalue weighted by Crippen LogP contribution is 2.12. The van der Waals surface area contributed by atoms with Crippen LogP contribution in [0, 0.1) is 0 Å². The van der Waals surface area contributed by atoms with Crippen molar-refractivity contribution < 1.29 is 14.0 Å². The van der Waals surface area contributed by atoms with E-state index in [1.807, 2.05) is 12.1 Å². The number of amides is 2. The Balaban J connectivity index is 1.47. The summed E-state index contributed by atoms with van der Waals surface area (Å²) in [7, 11) is 0. The van der Waals surface area contributed by atoms with Gasteiger partial charge in [0.2, 0.25) is 0 Å². The van der Waals surface area contributed by atoms with Gasteiger partial charge in [-0.1, -0.05) is 30.3 Å². The maximum Gasteiger partial charge on any atom is 0.349 e. The lowest BCUT2D eigenvalue weighted by atomic mass is 10.1. The molecule has 0 aliphatic rings. The minimum absolute atomic E-state index is 0.0391. The third kappa shape index (κ3) is 4.63.